The lowest BCUT2D eigenvalue weighted by Gasteiger charge is -2.43. The third-order valence-corrected chi connectivity index (χ3v) is 5.79. The second-order valence-electron chi connectivity index (χ2n) is 7.62. The van der Waals surface area contributed by atoms with Gasteiger partial charge in [0.25, 0.3) is 0 Å². The van der Waals surface area contributed by atoms with Crippen molar-refractivity contribution in [3.05, 3.63) is 35.9 Å². The number of benzene rings is 1. The second kappa shape index (κ2) is 7.78. The van der Waals surface area contributed by atoms with Gasteiger partial charge in [0, 0.05) is 18.4 Å². The van der Waals surface area contributed by atoms with Gasteiger partial charge in [-0.25, -0.2) is 0 Å². The molecule has 0 spiro atoms. The number of nitrogens with one attached hydrogen (secondary N) is 1. The van der Waals surface area contributed by atoms with Gasteiger partial charge in [-0.2, -0.15) is 0 Å². The van der Waals surface area contributed by atoms with Gasteiger partial charge in [0.15, 0.2) is 0 Å². The van der Waals surface area contributed by atoms with Gasteiger partial charge in [-0.15, -0.1) is 0 Å². The zero-order valence-electron chi connectivity index (χ0n) is 14.7. The quantitative estimate of drug-likeness (QED) is 0.898. The molecule has 2 unspecified atom stereocenters. The Labute approximate surface area is 141 Å². The average molecular weight is 318 g/mol. The highest BCUT2D eigenvalue weighted by molar-refractivity contribution is 5.26. The number of hydrogen-bond acceptors (Lipinski definition) is 2. The monoisotopic (exact) mass is 318 g/mol. The molecule has 0 bridgehead atoms. The van der Waals surface area contributed by atoms with Gasteiger partial charge >= 0.3 is 0 Å². The molecule has 2 heterocycles. The highest BCUT2D eigenvalue weighted by Crippen LogP contribution is 2.41. The molecule has 23 heavy (non-hydrogen) atoms. The molecule has 1 aromatic rings. The molecule has 2 saturated heterocycles. The van der Waals surface area contributed by atoms with Gasteiger partial charge in [-0.05, 0) is 24.3 Å². The Bertz CT molecular complexity index is 470. The van der Waals surface area contributed by atoms with Crippen molar-refractivity contribution in [3.8, 4) is 0 Å². The highest BCUT2D eigenvalue weighted by Gasteiger charge is 2.40. The normalized spacial score (nSPS) is 29.8. The predicted octanol–water partition coefficient (Wildman–Crippen LogP) is 2.06. The molecular weight excluding hydrogens is 286 g/mol. The summed E-state index contributed by atoms with van der Waals surface area (Å²) in [6.07, 6.45) is 3.98. The standard InChI is InChI=1S/C20H31NO2/c1-17(2)19-16-20(9-13-23-19,18-6-4-3-5-7-18)8-10-21-11-14-22-15-12-21/h3-7,17,19H,8-16H2,1-2H3/p+1. The third kappa shape index (κ3) is 4.14. The van der Waals surface area contributed by atoms with E-state index in [0.717, 1.165) is 39.3 Å². The lowest BCUT2D eigenvalue weighted by Crippen LogP contribution is -3.14. The minimum atomic E-state index is 0.291. The van der Waals surface area contributed by atoms with Crippen LogP contribution in [-0.2, 0) is 14.9 Å². The summed E-state index contributed by atoms with van der Waals surface area (Å²) in [4.78, 5) is 1.71. The van der Waals surface area contributed by atoms with Crippen molar-refractivity contribution in [2.24, 2.45) is 5.92 Å². The second-order valence-corrected chi connectivity index (χ2v) is 7.62. The Morgan fingerprint density at radius 2 is 1.87 bits per heavy atom. The third-order valence-electron chi connectivity index (χ3n) is 5.79. The van der Waals surface area contributed by atoms with Crippen LogP contribution in [0.5, 0.6) is 0 Å². The van der Waals surface area contributed by atoms with Crippen molar-refractivity contribution < 1.29 is 14.4 Å². The van der Waals surface area contributed by atoms with Crippen molar-refractivity contribution in [3.63, 3.8) is 0 Å². The summed E-state index contributed by atoms with van der Waals surface area (Å²) in [5.41, 5.74) is 1.81. The Morgan fingerprint density at radius 3 is 2.57 bits per heavy atom. The Morgan fingerprint density at radius 1 is 1.13 bits per heavy atom. The van der Waals surface area contributed by atoms with E-state index in [9.17, 15) is 0 Å². The molecule has 1 N–H and O–H groups in total. The molecule has 0 aliphatic carbocycles. The van der Waals surface area contributed by atoms with Crippen LogP contribution in [0.15, 0.2) is 30.3 Å². The summed E-state index contributed by atoms with van der Waals surface area (Å²) in [5, 5.41) is 0. The van der Waals surface area contributed by atoms with Crippen LogP contribution in [0, 0.1) is 5.92 Å². The van der Waals surface area contributed by atoms with E-state index in [-0.39, 0.29) is 0 Å². The van der Waals surface area contributed by atoms with Crippen LogP contribution < -0.4 is 4.90 Å². The molecule has 3 rings (SSSR count). The van der Waals surface area contributed by atoms with Crippen LogP contribution in [0.2, 0.25) is 0 Å². The van der Waals surface area contributed by atoms with Gasteiger partial charge in [0.2, 0.25) is 0 Å². The molecule has 2 fully saturated rings. The SMILES string of the molecule is CC(C)C1CC(CC[NH+]2CCOCC2)(c2ccccc2)CCO1. The Hall–Kier alpha value is -0.900. The van der Waals surface area contributed by atoms with Gasteiger partial charge < -0.3 is 14.4 Å². The number of morpholine rings is 1. The highest BCUT2D eigenvalue weighted by atomic mass is 16.5. The topological polar surface area (TPSA) is 22.9 Å². The molecule has 3 nitrogen and oxygen atoms in total. The van der Waals surface area contributed by atoms with E-state index in [4.69, 9.17) is 9.47 Å². The van der Waals surface area contributed by atoms with E-state index in [0.29, 0.717) is 17.4 Å². The van der Waals surface area contributed by atoms with Crippen LogP contribution in [0.1, 0.15) is 38.7 Å². The summed E-state index contributed by atoms with van der Waals surface area (Å²) < 4.78 is 11.6. The molecule has 128 valence electrons. The van der Waals surface area contributed by atoms with Gasteiger partial charge in [-0.1, -0.05) is 44.2 Å². The van der Waals surface area contributed by atoms with E-state index in [1.54, 1.807) is 4.90 Å². The fraction of sp³-hybridized carbons (Fsp3) is 0.700. The van der Waals surface area contributed by atoms with Gasteiger partial charge in [0.1, 0.15) is 13.1 Å². The predicted molar refractivity (Wildman–Crippen MR) is 92.9 cm³/mol. The summed E-state index contributed by atoms with van der Waals surface area (Å²) in [7, 11) is 0. The van der Waals surface area contributed by atoms with E-state index in [2.05, 4.69) is 44.2 Å². The number of ether oxygens (including phenoxy) is 2. The first-order chi connectivity index (χ1) is 11.2. The van der Waals surface area contributed by atoms with Gasteiger partial charge in [0.05, 0.1) is 25.9 Å². The van der Waals surface area contributed by atoms with Crippen molar-refractivity contribution in [1.82, 2.24) is 0 Å². The average Bonchev–Trinajstić information content (AvgIpc) is 2.62. The van der Waals surface area contributed by atoms with E-state index in [1.807, 2.05) is 0 Å². The largest absolute Gasteiger partial charge is 0.378 e. The fourth-order valence-corrected chi connectivity index (χ4v) is 4.13. The molecule has 0 saturated carbocycles. The first-order valence-corrected chi connectivity index (χ1v) is 9.28. The summed E-state index contributed by atoms with van der Waals surface area (Å²) in [6.45, 7) is 10.9. The molecule has 1 aromatic carbocycles. The van der Waals surface area contributed by atoms with Crippen LogP contribution in [-0.4, -0.2) is 45.6 Å². The van der Waals surface area contributed by atoms with Crippen LogP contribution in [0.25, 0.3) is 0 Å². The lowest BCUT2D eigenvalue weighted by atomic mass is 9.68. The number of hydrogen-bond donors (Lipinski definition) is 1. The minimum Gasteiger partial charge on any atom is -0.378 e. The zero-order valence-corrected chi connectivity index (χ0v) is 14.7. The van der Waals surface area contributed by atoms with E-state index < -0.39 is 0 Å². The first kappa shape index (κ1) is 16.9. The lowest BCUT2D eigenvalue weighted by molar-refractivity contribution is -0.908. The number of quaternary nitrogens is 1. The van der Waals surface area contributed by atoms with Gasteiger partial charge in [-0.3, -0.25) is 0 Å². The first-order valence-electron chi connectivity index (χ1n) is 9.28. The molecule has 0 radical (unpaired) electrons. The molecule has 0 amide bonds. The Kier molecular flexibility index (Phi) is 5.73. The maximum atomic E-state index is 6.08. The molecule has 2 aliphatic heterocycles. The van der Waals surface area contributed by atoms with Crippen LogP contribution >= 0.6 is 0 Å². The Balaban J connectivity index is 1.75. The smallest absolute Gasteiger partial charge is 0.101 e. The zero-order chi connectivity index (χ0) is 16.1. The maximum absolute atomic E-state index is 6.08. The van der Waals surface area contributed by atoms with Crippen molar-refractivity contribution >= 4 is 0 Å². The molecule has 0 aromatic heterocycles. The van der Waals surface area contributed by atoms with Crippen LogP contribution in [0.3, 0.4) is 0 Å². The molecular formula is C20H32NO2+. The van der Waals surface area contributed by atoms with E-state index in [1.165, 1.54) is 24.9 Å². The summed E-state index contributed by atoms with van der Waals surface area (Å²) >= 11 is 0. The molecule has 2 atom stereocenters. The van der Waals surface area contributed by atoms with Crippen molar-refractivity contribution in [2.75, 3.05) is 39.5 Å². The van der Waals surface area contributed by atoms with Crippen molar-refractivity contribution in [1.29, 1.82) is 0 Å². The summed E-state index contributed by atoms with van der Waals surface area (Å²) in [6, 6.07) is 11.2. The minimum absolute atomic E-state index is 0.291. The fourth-order valence-electron chi connectivity index (χ4n) is 4.13. The summed E-state index contributed by atoms with van der Waals surface area (Å²) in [5.74, 6) is 0.592. The van der Waals surface area contributed by atoms with Crippen molar-refractivity contribution in [2.45, 2.75) is 44.6 Å². The van der Waals surface area contributed by atoms with E-state index >= 15 is 0 Å². The number of rotatable bonds is 5. The molecule has 3 heteroatoms. The molecule has 2 aliphatic rings. The maximum Gasteiger partial charge on any atom is 0.101 e. The van der Waals surface area contributed by atoms with Crippen LogP contribution in [0.4, 0.5) is 0 Å².